The first-order valence-electron chi connectivity index (χ1n) is 3.87. The lowest BCUT2D eigenvalue weighted by atomic mass is 10.2. The van der Waals surface area contributed by atoms with Crippen LogP contribution >= 0.6 is 15.9 Å². The third kappa shape index (κ3) is 2.45. The molecule has 0 saturated heterocycles. The van der Waals surface area contributed by atoms with E-state index < -0.39 is 0 Å². The summed E-state index contributed by atoms with van der Waals surface area (Å²) in [4.78, 5) is 4.35. The number of benzene rings is 1. The van der Waals surface area contributed by atoms with E-state index in [2.05, 4.69) is 33.9 Å². The van der Waals surface area contributed by atoms with Crippen molar-refractivity contribution in [2.45, 2.75) is 20.8 Å². The molecule has 2 heteroatoms. The summed E-state index contributed by atoms with van der Waals surface area (Å²) in [7, 11) is 0. The molecule has 0 amide bonds. The maximum Gasteiger partial charge on any atom is 0.0640 e. The van der Waals surface area contributed by atoms with E-state index in [-0.39, 0.29) is 0 Å². The highest BCUT2D eigenvalue weighted by Crippen LogP contribution is 2.22. The van der Waals surface area contributed by atoms with E-state index in [1.807, 2.05) is 26.0 Å². The van der Waals surface area contributed by atoms with Crippen LogP contribution in [0.1, 0.15) is 19.4 Å². The Labute approximate surface area is 81.7 Å². The van der Waals surface area contributed by atoms with E-state index in [4.69, 9.17) is 0 Å². The van der Waals surface area contributed by atoms with Crippen molar-refractivity contribution in [3.8, 4) is 0 Å². The molecule has 64 valence electrons. The molecule has 0 heterocycles. The van der Waals surface area contributed by atoms with E-state index in [0.29, 0.717) is 0 Å². The second-order valence-corrected chi connectivity index (χ2v) is 3.85. The highest BCUT2D eigenvalue weighted by Gasteiger charge is 1.94. The molecule has 1 nitrogen and oxygen atoms in total. The molecule has 0 aliphatic heterocycles. The fraction of sp³-hybridized carbons (Fsp3) is 0.300. The maximum atomic E-state index is 4.35. The van der Waals surface area contributed by atoms with Gasteiger partial charge in [-0.1, -0.05) is 22.0 Å². The average Bonchev–Trinajstić information content (AvgIpc) is 1.96. The van der Waals surface area contributed by atoms with Crippen LogP contribution < -0.4 is 0 Å². The largest absolute Gasteiger partial charge is 0.258 e. The van der Waals surface area contributed by atoms with E-state index in [9.17, 15) is 0 Å². The molecule has 0 bridgehead atoms. The summed E-state index contributed by atoms with van der Waals surface area (Å²) in [6, 6.07) is 6.11. The quantitative estimate of drug-likeness (QED) is 0.644. The SMILES string of the molecule is CC(C)=Nc1ccc(C)c(Br)c1. The van der Waals surface area contributed by atoms with Crippen LogP contribution in [-0.2, 0) is 0 Å². The zero-order valence-electron chi connectivity index (χ0n) is 7.56. The Bertz CT molecular complexity index is 312. The van der Waals surface area contributed by atoms with Crippen molar-refractivity contribution in [2.24, 2.45) is 4.99 Å². The molecule has 0 aliphatic carbocycles. The van der Waals surface area contributed by atoms with Crippen molar-refractivity contribution in [1.82, 2.24) is 0 Å². The second-order valence-electron chi connectivity index (χ2n) is 2.99. The molecule has 0 fully saturated rings. The molecule has 0 aliphatic rings. The van der Waals surface area contributed by atoms with Crippen LogP contribution in [0.5, 0.6) is 0 Å². The zero-order chi connectivity index (χ0) is 9.14. The highest BCUT2D eigenvalue weighted by atomic mass is 79.9. The Morgan fingerprint density at radius 2 is 2.00 bits per heavy atom. The van der Waals surface area contributed by atoms with E-state index in [0.717, 1.165) is 15.9 Å². The summed E-state index contributed by atoms with van der Waals surface area (Å²) < 4.78 is 1.12. The van der Waals surface area contributed by atoms with Crippen molar-refractivity contribution >= 4 is 27.3 Å². The van der Waals surface area contributed by atoms with Gasteiger partial charge in [-0.05, 0) is 38.5 Å². The first-order valence-corrected chi connectivity index (χ1v) is 4.67. The van der Waals surface area contributed by atoms with E-state index >= 15 is 0 Å². The minimum atomic E-state index is 1.01. The van der Waals surface area contributed by atoms with Crippen LogP contribution in [0.25, 0.3) is 0 Å². The molecular weight excluding hydrogens is 214 g/mol. The number of nitrogens with zero attached hydrogens (tertiary/aromatic N) is 1. The van der Waals surface area contributed by atoms with Gasteiger partial charge in [-0.2, -0.15) is 0 Å². The summed E-state index contributed by atoms with van der Waals surface area (Å²) in [5.74, 6) is 0. The van der Waals surface area contributed by atoms with Gasteiger partial charge in [0.25, 0.3) is 0 Å². The van der Waals surface area contributed by atoms with Gasteiger partial charge < -0.3 is 0 Å². The Hall–Kier alpha value is -0.630. The van der Waals surface area contributed by atoms with Gasteiger partial charge >= 0.3 is 0 Å². The highest BCUT2D eigenvalue weighted by molar-refractivity contribution is 9.10. The number of hydrogen-bond donors (Lipinski definition) is 0. The van der Waals surface area contributed by atoms with Crippen LogP contribution in [0.15, 0.2) is 27.7 Å². The normalized spacial score (nSPS) is 9.67. The third-order valence-corrected chi connectivity index (χ3v) is 2.36. The second kappa shape index (κ2) is 3.85. The molecule has 0 radical (unpaired) electrons. The van der Waals surface area contributed by atoms with Crippen molar-refractivity contribution in [2.75, 3.05) is 0 Å². The first kappa shape index (κ1) is 9.46. The predicted octanol–water partition coefficient (Wildman–Crippen LogP) is 3.87. The van der Waals surface area contributed by atoms with Crippen LogP contribution in [-0.4, -0.2) is 5.71 Å². The number of aliphatic imine (C=N–C) groups is 1. The minimum absolute atomic E-state index is 1.01. The molecule has 12 heavy (non-hydrogen) atoms. The number of hydrogen-bond acceptors (Lipinski definition) is 1. The lowest BCUT2D eigenvalue weighted by Gasteiger charge is -1.99. The fourth-order valence-corrected chi connectivity index (χ4v) is 1.28. The molecule has 0 spiro atoms. The number of aryl methyl sites for hydroxylation is 1. The average molecular weight is 226 g/mol. The van der Waals surface area contributed by atoms with Crippen LogP contribution in [0.2, 0.25) is 0 Å². The van der Waals surface area contributed by atoms with Gasteiger partial charge in [-0.25, -0.2) is 0 Å². The van der Waals surface area contributed by atoms with E-state index in [1.165, 1.54) is 5.56 Å². The fourth-order valence-electron chi connectivity index (χ4n) is 0.910. The summed E-state index contributed by atoms with van der Waals surface area (Å²) in [6.45, 7) is 6.05. The van der Waals surface area contributed by atoms with Gasteiger partial charge in [-0.15, -0.1) is 0 Å². The van der Waals surface area contributed by atoms with Crippen molar-refractivity contribution < 1.29 is 0 Å². The Kier molecular flexibility index (Phi) is 3.04. The number of rotatable bonds is 1. The van der Waals surface area contributed by atoms with Crippen molar-refractivity contribution in [3.63, 3.8) is 0 Å². The van der Waals surface area contributed by atoms with Gasteiger partial charge in [0.1, 0.15) is 0 Å². The van der Waals surface area contributed by atoms with Crippen molar-refractivity contribution in [3.05, 3.63) is 28.2 Å². The Balaban J connectivity index is 3.05. The van der Waals surface area contributed by atoms with Crippen LogP contribution in [0.3, 0.4) is 0 Å². The smallest absolute Gasteiger partial charge is 0.0640 e. The topological polar surface area (TPSA) is 12.4 Å². The van der Waals surface area contributed by atoms with Crippen LogP contribution in [0.4, 0.5) is 5.69 Å². The van der Waals surface area contributed by atoms with Crippen molar-refractivity contribution in [1.29, 1.82) is 0 Å². The van der Waals surface area contributed by atoms with Gasteiger partial charge in [0.15, 0.2) is 0 Å². The first-order chi connectivity index (χ1) is 5.59. The predicted molar refractivity (Wildman–Crippen MR) is 57.3 cm³/mol. The lowest BCUT2D eigenvalue weighted by molar-refractivity contribution is 1.39. The maximum absolute atomic E-state index is 4.35. The molecule has 1 aromatic carbocycles. The molecule has 0 aromatic heterocycles. The van der Waals surface area contributed by atoms with Gasteiger partial charge in [0, 0.05) is 10.2 Å². The molecule has 1 aromatic rings. The monoisotopic (exact) mass is 225 g/mol. The Morgan fingerprint density at radius 1 is 1.33 bits per heavy atom. The van der Waals surface area contributed by atoms with E-state index in [1.54, 1.807) is 0 Å². The molecule has 0 unspecified atom stereocenters. The summed E-state index contributed by atoms with van der Waals surface area (Å²) in [6.07, 6.45) is 0. The van der Waals surface area contributed by atoms with Gasteiger partial charge in [-0.3, -0.25) is 4.99 Å². The minimum Gasteiger partial charge on any atom is -0.258 e. The summed E-state index contributed by atoms with van der Waals surface area (Å²) >= 11 is 3.47. The van der Waals surface area contributed by atoms with Gasteiger partial charge in [0.2, 0.25) is 0 Å². The number of halogens is 1. The van der Waals surface area contributed by atoms with Crippen LogP contribution in [0, 0.1) is 6.92 Å². The zero-order valence-corrected chi connectivity index (χ0v) is 9.14. The molecule has 0 saturated carbocycles. The molecule has 0 N–H and O–H groups in total. The summed E-state index contributed by atoms with van der Waals surface area (Å²) in [5.41, 5.74) is 3.32. The third-order valence-electron chi connectivity index (χ3n) is 1.51. The molecular formula is C10H12BrN. The van der Waals surface area contributed by atoms with Gasteiger partial charge in [0.05, 0.1) is 5.69 Å². The lowest BCUT2D eigenvalue weighted by Crippen LogP contribution is -1.79. The molecule has 0 atom stereocenters. The molecule has 1 rings (SSSR count). The Morgan fingerprint density at radius 3 is 2.50 bits per heavy atom. The standard InChI is InChI=1S/C10H12BrN/c1-7(2)12-9-5-4-8(3)10(11)6-9/h4-6H,1-3H3. The summed E-state index contributed by atoms with van der Waals surface area (Å²) in [5, 5.41) is 0.